The molecule has 292 valence electrons. The Morgan fingerprint density at radius 2 is 1.46 bits per heavy atom. The first-order valence-corrected chi connectivity index (χ1v) is 19.7. The molecular weight excluding hydrogens is 717 g/mol. The Balaban J connectivity index is 1.04. The molecule has 3 heterocycles. The number of carbonyl (C=O) groups excluding carboxylic acids is 3. The minimum absolute atomic E-state index is 0.0480. The van der Waals surface area contributed by atoms with Crippen LogP contribution < -0.4 is 15.5 Å². The summed E-state index contributed by atoms with van der Waals surface area (Å²) in [4.78, 5) is 42.9. The van der Waals surface area contributed by atoms with Gasteiger partial charge in [0, 0.05) is 48.1 Å². The molecule has 3 saturated heterocycles. The lowest BCUT2D eigenvalue weighted by atomic mass is 9.82. The van der Waals surface area contributed by atoms with E-state index in [1.165, 1.54) is 6.92 Å². The van der Waals surface area contributed by atoms with Crippen molar-refractivity contribution >= 4 is 29.0 Å². The lowest BCUT2D eigenvalue weighted by Gasteiger charge is -2.47. The van der Waals surface area contributed by atoms with Crippen molar-refractivity contribution in [3.63, 3.8) is 0 Å². The molecule has 57 heavy (non-hydrogen) atoms. The minimum atomic E-state index is -0.694. The van der Waals surface area contributed by atoms with Crippen molar-refractivity contribution in [1.29, 1.82) is 0 Å². The Kier molecular flexibility index (Phi) is 11.3. The summed E-state index contributed by atoms with van der Waals surface area (Å²) >= 11 is 0. The smallest absolute Gasteiger partial charge is 0.247 e. The average molecular weight is 765 g/mol. The molecule has 0 saturated carbocycles. The summed E-state index contributed by atoms with van der Waals surface area (Å²) in [6.45, 7) is 4.05. The van der Waals surface area contributed by atoms with Crippen LogP contribution in [0.2, 0.25) is 0 Å². The summed E-state index contributed by atoms with van der Waals surface area (Å²) in [6.07, 6.45) is 0.206. The van der Waals surface area contributed by atoms with E-state index in [1.807, 2.05) is 84.9 Å². The highest BCUT2D eigenvalue weighted by Gasteiger charge is 2.51. The first-order chi connectivity index (χ1) is 27.8. The zero-order chi connectivity index (χ0) is 39.4. The van der Waals surface area contributed by atoms with Gasteiger partial charge < -0.3 is 35.0 Å². The Bertz CT molecular complexity index is 2170. The lowest BCUT2D eigenvalue weighted by Crippen LogP contribution is -2.57. The zero-order valence-corrected chi connectivity index (χ0v) is 32.1. The first kappa shape index (κ1) is 38.2. The summed E-state index contributed by atoms with van der Waals surface area (Å²) in [6, 6.07) is 43.1. The number of para-hydroxylation sites is 1. The third kappa shape index (κ3) is 8.26. The zero-order valence-electron chi connectivity index (χ0n) is 32.1. The van der Waals surface area contributed by atoms with Crippen LogP contribution in [-0.2, 0) is 32.1 Å². The van der Waals surface area contributed by atoms with E-state index in [1.54, 1.807) is 24.3 Å². The van der Waals surface area contributed by atoms with Crippen molar-refractivity contribution < 1.29 is 29.0 Å². The fourth-order valence-electron chi connectivity index (χ4n) is 8.56. The Morgan fingerprint density at radius 3 is 2.14 bits per heavy atom. The number of aliphatic hydroxyl groups is 1. The molecule has 1 unspecified atom stereocenters. The number of amides is 2. The van der Waals surface area contributed by atoms with Gasteiger partial charge in [0.05, 0.1) is 31.9 Å². The minimum Gasteiger partial charge on any atom is -0.392 e. The van der Waals surface area contributed by atoms with Crippen molar-refractivity contribution in [2.24, 2.45) is 0 Å². The molecule has 8 rings (SSSR count). The number of carbonyl (C=O) groups is 3. The maximum atomic E-state index is 13.5. The van der Waals surface area contributed by atoms with E-state index in [9.17, 15) is 19.5 Å². The molecule has 10 heteroatoms. The van der Waals surface area contributed by atoms with Crippen LogP contribution in [0, 0.1) is 0 Å². The van der Waals surface area contributed by atoms with Gasteiger partial charge in [-0.15, -0.1) is 0 Å². The van der Waals surface area contributed by atoms with Gasteiger partial charge in [0.1, 0.15) is 5.54 Å². The van der Waals surface area contributed by atoms with E-state index in [2.05, 4.69) is 44.7 Å². The molecule has 4 atom stereocenters. The molecule has 5 aromatic carbocycles. The maximum absolute atomic E-state index is 13.5. The Morgan fingerprint density at radius 1 is 0.789 bits per heavy atom. The van der Waals surface area contributed by atoms with E-state index in [4.69, 9.17) is 9.47 Å². The highest BCUT2D eigenvalue weighted by molar-refractivity contribution is 5.97. The largest absolute Gasteiger partial charge is 0.392 e. The van der Waals surface area contributed by atoms with Crippen LogP contribution in [0.1, 0.15) is 76.3 Å². The van der Waals surface area contributed by atoms with Crippen LogP contribution in [0.15, 0.2) is 133 Å². The third-order valence-corrected chi connectivity index (χ3v) is 11.7. The summed E-state index contributed by atoms with van der Waals surface area (Å²) in [7, 11) is 0. The molecule has 5 aromatic rings. The second kappa shape index (κ2) is 16.8. The molecule has 0 aliphatic carbocycles. The average Bonchev–Trinajstić information content (AvgIpc) is 3.56. The fourth-order valence-corrected chi connectivity index (χ4v) is 8.56. The molecule has 3 fully saturated rings. The molecular formula is C47H48N4O6. The standard InChI is InChI=1S/C47H48N4O6/c1-32(53)38-11-8-12-39(28-38)49-42(54)27-33-15-21-37(22-16-33)45-56-41(43(35-9-4-2-5-10-35)44(57-45)36-19-17-34(30-52)18-20-36)29-50-25-23-47(24-26-50)46(55)48-31-51(47)40-13-6-3-7-14-40/h2-22,28,41,43-45,52H,23-27,29-31H2,1H3,(H,48,55)(H,49,54)/t41-,43-,44+,45?/m1/s1. The normalized spacial score (nSPS) is 21.9. The number of piperidine rings is 1. The predicted molar refractivity (Wildman–Crippen MR) is 219 cm³/mol. The van der Waals surface area contributed by atoms with Crippen LogP contribution in [0.4, 0.5) is 11.4 Å². The second-order valence-corrected chi connectivity index (χ2v) is 15.3. The molecule has 3 aliphatic rings. The van der Waals surface area contributed by atoms with Crippen LogP contribution >= 0.6 is 0 Å². The topological polar surface area (TPSA) is 120 Å². The molecule has 3 N–H and O–H groups in total. The monoisotopic (exact) mass is 764 g/mol. The fraction of sp³-hybridized carbons (Fsp3) is 0.298. The van der Waals surface area contributed by atoms with Gasteiger partial charge in [-0.3, -0.25) is 14.4 Å². The SMILES string of the molecule is CC(=O)c1cccc(NC(=O)Cc2ccc(C3O[C@H](CN4CCC5(CC4)C(=O)NCN5c4ccccc4)[C@@H](c4ccccc4)[C@H](c4ccc(CO)cc4)O3)cc2)c1. The van der Waals surface area contributed by atoms with Crippen LogP contribution in [-0.4, -0.2) is 65.5 Å². The number of ketones is 1. The van der Waals surface area contributed by atoms with Crippen molar-refractivity contribution in [1.82, 2.24) is 10.2 Å². The van der Waals surface area contributed by atoms with E-state index >= 15 is 0 Å². The Hall–Kier alpha value is -5.65. The van der Waals surface area contributed by atoms with Crippen molar-refractivity contribution in [2.45, 2.75) is 62.7 Å². The van der Waals surface area contributed by atoms with Crippen molar-refractivity contribution in [3.05, 3.63) is 167 Å². The number of Topliss-reactive ketones (excluding diaryl/α,β-unsaturated/α-hetero) is 1. The number of anilines is 2. The van der Waals surface area contributed by atoms with Crippen LogP contribution in [0.3, 0.4) is 0 Å². The van der Waals surface area contributed by atoms with E-state index < -0.39 is 11.8 Å². The van der Waals surface area contributed by atoms with Gasteiger partial charge >= 0.3 is 0 Å². The number of rotatable bonds is 11. The number of likely N-dealkylation sites (tertiary alicyclic amines) is 1. The van der Waals surface area contributed by atoms with Crippen LogP contribution in [0.5, 0.6) is 0 Å². The van der Waals surface area contributed by atoms with Crippen LogP contribution in [0.25, 0.3) is 0 Å². The Labute approximate surface area is 333 Å². The number of nitrogens with zero attached hydrogens (tertiary/aromatic N) is 2. The number of nitrogens with one attached hydrogen (secondary N) is 2. The van der Waals surface area contributed by atoms with Crippen molar-refractivity contribution in [2.75, 3.05) is 36.5 Å². The molecule has 10 nitrogen and oxygen atoms in total. The summed E-state index contributed by atoms with van der Waals surface area (Å²) in [5, 5.41) is 15.8. The lowest BCUT2D eigenvalue weighted by molar-refractivity contribution is -0.264. The van der Waals surface area contributed by atoms with E-state index in [-0.39, 0.29) is 48.8 Å². The molecule has 0 aromatic heterocycles. The van der Waals surface area contributed by atoms with Gasteiger partial charge in [0.2, 0.25) is 11.8 Å². The number of aliphatic hydroxyl groups excluding tert-OH is 1. The molecule has 0 bridgehead atoms. The molecule has 0 radical (unpaired) electrons. The molecule has 1 spiro atoms. The summed E-state index contributed by atoms with van der Waals surface area (Å²) in [5.74, 6) is -0.312. The molecule has 2 amide bonds. The van der Waals surface area contributed by atoms with E-state index in [0.29, 0.717) is 37.3 Å². The number of ether oxygens (including phenoxy) is 2. The highest BCUT2D eigenvalue weighted by Crippen LogP contribution is 2.47. The quantitative estimate of drug-likeness (QED) is 0.124. The third-order valence-electron chi connectivity index (χ3n) is 11.7. The second-order valence-electron chi connectivity index (χ2n) is 15.3. The van der Waals surface area contributed by atoms with E-state index in [0.717, 1.165) is 46.6 Å². The van der Waals surface area contributed by atoms with Gasteiger partial charge in [-0.05, 0) is 66.3 Å². The van der Waals surface area contributed by atoms with Gasteiger partial charge in [-0.1, -0.05) is 109 Å². The summed E-state index contributed by atoms with van der Waals surface area (Å²) in [5.41, 5.74) is 6.15. The first-order valence-electron chi connectivity index (χ1n) is 19.7. The van der Waals surface area contributed by atoms with Gasteiger partial charge in [-0.25, -0.2) is 0 Å². The number of hydrogen-bond acceptors (Lipinski definition) is 8. The van der Waals surface area contributed by atoms with Gasteiger partial charge in [0.15, 0.2) is 12.1 Å². The van der Waals surface area contributed by atoms with Gasteiger partial charge in [-0.2, -0.15) is 0 Å². The number of benzene rings is 5. The highest BCUT2D eigenvalue weighted by atomic mass is 16.7. The van der Waals surface area contributed by atoms with Crippen molar-refractivity contribution in [3.8, 4) is 0 Å². The molecule has 3 aliphatic heterocycles. The number of hydrogen-bond donors (Lipinski definition) is 3. The maximum Gasteiger partial charge on any atom is 0.247 e. The van der Waals surface area contributed by atoms with Gasteiger partial charge in [0.25, 0.3) is 0 Å². The predicted octanol–water partition coefficient (Wildman–Crippen LogP) is 6.93. The summed E-state index contributed by atoms with van der Waals surface area (Å²) < 4.78 is 13.9.